The fourth-order valence-corrected chi connectivity index (χ4v) is 2.80. The van der Waals surface area contributed by atoms with E-state index in [2.05, 4.69) is 30.0 Å². The van der Waals surface area contributed by atoms with E-state index in [1.807, 2.05) is 11.8 Å². The lowest BCUT2D eigenvalue weighted by molar-refractivity contribution is -0.130. The first-order chi connectivity index (χ1) is 9.56. The van der Waals surface area contributed by atoms with Gasteiger partial charge in [0.1, 0.15) is 11.6 Å². The highest BCUT2D eigenvalue weighted by Gasteiger charge is 2.27. The van der Waals surface area contributed by atoms with Gasteiger partial charge in [0, 0.05) is 37.4 Å². The van der Waals surface area contributed by atoms with Gasteiger partial charge >= 0.3 is 0 Å². The van der Waals surface area contributed by atoms with Crippen LogP contribution in [0.15, 0.2) is 18.2 Å². The SMILES string of the molecule is COc1cc(N2CCN(C(=O)CCl)C(C)C2)ccc1C. The molecule has 1 aromatic carbocycles. The number of nitrogens with zero attached hydrogens (tertiary/aromatic N) is 2. The standard InChI is InChI=1S/C15H21ClN2O2/c1-11-4-5-13(8-14(11)20-3)17-6-7-18(12(2)10-17)15(19)9-16/h4-5,8,12H,6-7,9-10H2,1-3H3. The fraction of sp³-hybridized carbons (Fsp3) is 0.533. The number of halogens is 1. The number of anilines is 1. The van der Waals surface area contributed by atoms with Gasteiger partial charge in [-0.05, 0) is 25.5 Å². The monoisotopic (exact) mass is 296 g/mol. The molecule has 0 radical (unpaired) electrons. The van der Waals surface area contributed by atoms with E-state index < -0.39 is 0 Å². The third-order valence-corrected chi connectivity index (χ3v) is 4.05. The molecule has 0 bridgehead atoms. The van der Waals surface area contributed by atoms with Crippen LogP contribution in [-0.2, 0) is 4.79 Å². The van der Waals surface area contributed by atoms with Gasteiger partial charge in [0.05, 0.1) is 7.11 Å². The van der Waals surface area contributed by atoms with Gasteiger partial charge < -0.3 is 14.5 Å². The Hall–Kier alpha value is -1.42. The Labute approximate surface area is 125 Å². The van der Waals surface area contributed by atoms with Gasteiger partial charge in [-0.25, -0.2) is 0 Å². The Balaban J connectivity index is 2.11. The predicted octanol–water partition coefficient (Wildman–Crippen LogP) is 2.28. The number of methoxy groups -OCH3 is 1. The molecular formula is C15H21ClN2O2. The minimum absolute atomic E-state index is 0.0142. The molecule has 1 amide bonds. The highest BCUT2D eigenvalue weighted by molar-refractivity contribution is 6.27. The van der Waals surface area contributed by atoms with Crippen LogP contribution in [0.25, 0.3) is 0 Å². The Morgan fingerprint density at radius 3 is 2.80 bits per heavy atom. The second kappa shape index (κ2) is 6.35. The summed E-state index contributed by atoms with van der Waals surface area (Å²) in [4.78, 5) is 15.9. The molecule has 0 saturated carbocycles. The zero-order valence-corrected chi connectivity index (χ0v) is 13.0. The van der Waals surface area contributed by atoms with Gasteiger partial charge in [0.15, 0.2) is 0 Å². The molecule has 1 saturated heterocycles. The number of hydrogen-bond donors (Lipinski definition) is 0. The Bertz CT molecular complexity index is 493. The van der Waals surface area contributed by atoms with Crippen LogP contribution in [0.4, 0.5) is 5.69 Å². The van der Waals surface area contributed by atoms with Crippen molar-refractivity contribution >= 4 is 23.2 Å². The molecule has 1 atom stereocenters. The van der Waals surface area contributed by atoms with Crippen molar-refractivity contribution in [2.45, 2.75) is 19.9 Å². The van der Waals surface area contributed by atoms with Crippen molar-refractivity contribution in [3.05, 3.63) is 23.8 Å². The maximum absolute atomic E-state index is 11.7. The molecule has 110 valence electrons. The van der Waals surface area contributed by atoms with Crippen molar-refractivity contribution in [3.8, 4) is 5.75 Å². The summed E-state index contributed by atoms with van der Waals surface area (Å²) in [5.41, 5.74) is 2.26. The molecule has 1 fully saturated rings. The Morgan fingerprint density at radius 2 is 2.20 bits per heavy atom. The van der Waals surface area contributed by atoms with Crippen LogP contribution in [0.5, 0.6) is 5.75 Å². The molecule has 1 heterocycles. The van der Waals surface area contributed by atoms with Gasteiger partial charge in [-0.2, -0.15) is 0 Å². The number of piperazine rings is 1. The number of ether oxygens (including phenoxy) is 1. The minimum atomic E-state index is 0.0142. The van der Waals surface area contributed by atoms with Crippen LogP contribution in [0.3, 0.4) is 0 Å². The molecular weight excluding hydrogens is 276 g/mol. The van der Waals surface area contributed by atoms with Gasteiger partial charge in [0.25, 0.3) is 0 Å². The second-order valence-electron chi connectivity index (χ2n) is 5.17. The summed E-state index contributed by atoms with van der Waals surface area (Å²) in [5, 5.41) is 0. The second-order valence-corrected chi connectivity index (χ2v) is 5.44. The third-order valence-electron chi connectivity index (χ3n) is 3.82. The molecule has 1 aromatic rings. The van der Waals surface area contributed by atoms with E-state index in [4.69, 9.17) is 16.3 Å². The highest BCUT2D eigenvalue weighted by Crippen LogP contribution is 2.26. The van der Waals surface area contributed by atoms with E-state index in [9.17, 15) is 4.79 Å². The Morgan fingerprint density at radius 1 is 1.45 bits per heavy atom. The molecule has 0 N–H and O–H groups in total. The predicted molar refractivity (Wildman–Crippen MR) is 81.8 cm³/mol. The van der Waals surface area contributed by atoms with Crippen molar-refractivity contribution in [2.24, 2.45) is 0 Å². The van der Waals surface area contributed by atoms with Crippen molar-refractivity contribution in [1.82, 2.24) is 4.90 Å². The maximum atomic E-state index is 11.7. The molecule has 1 aliphatic rings. The van der Waals surface area contributed by atoms with E-state index in [0.29, 0.717) is 6.54 Å². The molecule has 1 aliphatic heterocycles. The van der Waals surface area contributed by atoms with Gasteiger partial charge in [0.2, 0.25) is 5.91 Å². The van der Waals surface area contributed by atoms with E-state index in [-0.39, 0.29) is 17.8 Å². The summed E-state index contributed by atoms with van der Waals surface area (Å²) < 4.78 is 5.37. The lowest BCUT2D eigenvalue weighted by Gasteiger charge is -2.41. The quantitative estimate of drug-likeness (QED) is 0.802. The molecule has 2 rings (SSSR count). The summed E-state index contributed by atoms with van der Waals surface area (Å²) in [6.07, 6.45) is 0. The van der Waals surface area contributed by atoms with E-state index in [1.165, 1.54) is 0 Å². The lowest BCUT2D eigenvalue weighted by atomic mass is 10.1. The summed E-state index contributed by atoms with van der Waals surface area (Å²) in [7, 11) is 1.69. The number of benzene rings is 1. The van der Waals surface area contributed by atoms with Gasteiger partial charge in [-0.15, -0.1) is 11.6 Å². The molecule has 20 heavy (non-hydrogen) atoms. The molecule has 1 unspecified atom stereocenters. The van der Waals surface area contributed by atoms with Crippen molar-refractivity contribution < 1.29 is 9.53 Å². The van der Waals surface area contributed by atoms with Crippen LogP contribution in [0, 0.1) is 6.92 Å². The normalized spacial score (nSPS) is 19.1. The van der Waals surface area contributed by atoms with E-state index in [0.717, 1.165) is 30.1 Å². The maximum Gasteiger partial charge on any atom is 0.237 e. The summed E-state index contributed by atoms with van der Waals surface area (Å²) in [6.45, 7) is 6.43. The van der Waals surface area contributed by atoms with Crippen LogP contribution in [0.2, 0.25) is 0 Å². The van der Waals surface area contributed by atoms with E-state index in [1.54, 1.807) is 7.11 Å². The van der Waals surface area contributed by atoms with E-state index >= 15 is 0 Å². The van der Waals surface area contributed by atoms with Crippen LogP contribution >= 0.6 is 11.6 Å². The van der Waals surface area contributed by atoms with Crippen molar-refractivity contribution in [1.29, 1.82) is 0 Å². The number of amides is 1. The summed E-state index contributed by atoms with van der Waals surface area (Å²) >= 11 is 5.64. The molecule has 5 heteroatoms. The molecule has 0 aliphatic carbocycles. The first-order valence-corrected chi connectivity index (χ1v) is 7.35. The first kappa shape index (κ1) is 15.0. The van der Waals surface area contributed by atoms with Crippen molar-refractivity contribution in [3.63, 3.8) is 0 Å². The first-order valence-electron chi connectivity index (χ1n) is 6.82. The number of carbonyl (C=O) groups excluding carboxylic acids is 1. The average molecular weight is 297 g/mol. The van der Waals surface area contributed by atoms with Gasteiger partial charge in [-0.1, -0.05) is 6.07 Å². The molecule has 0 aromatic heterocycles. The number of rotatable bonds is 3. The Kier molecular flexibility index (Phi) is 4.76. The minimum Gasteiger partial charge on any atom is -0.496 e. The zero-order valence-electron chi connectivity index (χ0n) is 12.2. The molecule has 4 nitrogen and oxygen atoms in total. The number of aryl methyl sites for hydroxylation is 1. The summed E-state index contributed by atoms with van der Waals surface area (Å²) in [6, 6.07) is 6.39. The van der Waals surface area contributed by atoms with Crippen LogP contribution in [0.1, 0.15) is 12.5 Å². The highest BCUT2D eigenvalue weighted by atomic mass is 35.5. The number of alkyl halides is 1. The third kappa shape index (κ3) is 3.01. The average Bonchev–Trinajstić information content (AvgIpc) is 2.47. The number of carbonyl (C=O) groups is 1. The zero-order chi connectivity index (χ0) is 14.7. The summed E-state index contributed by atoms with van der Waals surface area (Å²) in [5.74, 6) is 0.970. The fourth-order valence-electron chi connectivity index (χ4n) is 2.64. The van der Waals surface area contributed by atoms with Crippen LogP contribution in [-0.4, -0.2) is 49.5 Å². The molecule has 0 spiro atoms. The topological polar surface area (TPSA) is 32.8 Å². The van der Waals surface area contributed by atoms with Gasteiger partial charge in [-0.3, -0.25) is 4.79 Å². The lowest BCUT2D eigenvalue weighted by Crippen LogP contribution is -2.54. The van der Waals surface area contributed by atoms with Crippen molar-refractivity contribution in [2.75, 3.05) is 37.5 Å². The largest absolute Gasteiger partial charge is 0.496 e. The number of hydrogen-bond acceptors (Lipinski definition) is 3. The van der Waals surface area contributed by atoms with Crippen LogP contribution < -0.4 is 9.64 Å². The smallest absolute Gasteiger partial charge is 0.237 e.